The Morgan fingerprint density at radius 1 is 1.10 bits per heavy atom. The number of pyridine rings is 1. The summed E-state index contributed by atoms with van der Waals surface area (Å²) in [6, 6.07) is 13.5. The van der Waals surface area contributed by atoms with E-state index in [0.717, 1.165) is 35.7 Å². The van der Waals surface area contributed by atoms with Gasteiger partial charge in [0.1, 0.15) is 23.7 Å². The maximum absolute atomic E-state index is 13.3. The molecule has 0 aliphatic carbocycles. The average molecular weight is 550 g/mol. The number of ether oxygens (including phenoxy) is 1. The summed E-state index contributed by atoms with van der Waals surface area (Å²) < 4.78 is 11.5. The van der Waals surface area contributed by atoms with Crippen molar-refractivity contribution in [3.05, 3.63) is 87.6 Å². The molecule has 0 N–H and O–H groups in total. The van der Waals surface area contributed by atoms with Gasteiger partial charge in [0.2, 0.25) is 11.2 Å². The molecule has 0 bridgehead atoms. The number of carbonyl (C=O) groups excluding carboxylic acids is 1. The fourth-order valence-electron chi connectivity index (χ4n) is 4.48. The molecule has 208 valence electrons. The number of rotatable bonds is 9. The van der Waals surface area contributed by atoms with E-state index in [1.807, 2.05) is 29.2 Å². The molecular weight excluding hydrogens is 510 g/mol. The lowest BCUT2D eigenvalue weighted by atomic mass is 9.87. The molecule has 0 spiro atoms. The van der Waals surface area contributed by atoms with Crippen molar-refractivity contribution in [3.63, 3.8) is 0 Å². The van der Waals surface area contributed by atoms with Crippen molar-refractivity contribution in [2.75, 3.05) is 31.9 Å². The Morgan fingerprint density at radius 3 is 2.62 bits per heavy atom. The summed E-state index contributed by atoms with van der Waals surface area (Å²) in [5.74, 6) is 1.77. The third-order valence-corrected chi connectivity index (χ3v) is 7.98. The molecule has 0 radical (unpaired) electrons. The molecule has 1 amide bonds. The van der Waals surface area contributed by atoms with Gasteiger partial charge in [0.15, 0.2) is 0 Å². The zero-order valence-corrected chi connectivity index (χ0v) is 24.3. The van der Waals surface area contributed by atoms with Crippen LogP contribution in [0.1, 0.15) is 67.8 Å². The topological polar surface area (TPSA) is 75.9 Å². The Balaban J connectivity index is 1.31. The van der Waals surface area contributed by atoms with Crippen LogP contribution in [0.2, 0.25) is 0 Å². The largest absolute Gasteiger partial charge is 0.482 e. The highest BCUT2D eigenvalue weighted by atomic mass is 32.2. The van der Waals surface area contributed by atoms with Gasteiger partial charge in [-0.05, 0) is 47.3 Å². The van der Waals surface area contributed by atoms with Crippen LogP contribution in [0.3, 0.4) is 0 Å². The number of aromatic nitrogens is 1. The second-order valence-corrected chi connectivity index (χ2v) is 12.0. The van der Waals surface area contributed by atoms with Crippen molar-refractivity contribution in [1.82, 2.24) is 14.8 Å². The number of hydrogen-bond acceptors (Lipinski definition) is 7. The van der Waals surface area contributed by atoms with Gasteiger partial charge in [-0.1, -0.05) is 52.0 Å². The van der Waals surface area contributed by atoms with Gasteiger partial charge in [-0.3, -0.25) is 14.5 Å². The molecule has 39 heavy (non-hydrogen) atoms. The van der Waals surface area contributed by atoms with Crippen LogP contribution in [-0.2, 0) is 18.6 Å². The first-order chi connectivity index (χ1) is 18.7. The minimum absolute atomic E-state index is 0.0321. The Bertz CT molecular complexity index is 1300. The van der Waals surface area contributed by atoms with Crippen molar-refractivity contribution < 1.29 is 13.9 Å². The Morgan fingerprint density at radius 2 is 1.90 bits per heavy atom. The molecule has 1 aliphatic rings. The minimum Gasteiger partial charge on any atom is -0.482 e. The molecule has 7 nitrogen and oxygen atoms in total. The van der Waals surface area contributed by atoms with Crippen LogP contribution >= 0.6 is 11.8 Å². The summed E-state index contributed by atoms with van der Waals surface area (Å²) >= 11 is 1.63. The molecule has 1 fully saturated rings. The predicted molar refractivity (Wildman–Crippen MR) is 156 cm³/mol. The molecule has 0 unspecified atom stereocenters. The lowest BCUT2D eigenvalue weighted by Crippen LogP contribution is -2.35. The van der Waals surface area contributed by atoms with E-state index >= 15 is 0 Å². The van der Waals surface area contributed by atoms with Crippen molar-refractivity contribution >= 4 is 17.7 Å². The van der Waals surface area contributed by atoms with E-state index in [2.05, 4.69) is 49.7 Å². The summed E-state index contributed by atoms with van der Waals surface area (Å²) in [5, 5.41) is 0.802. The van der Waals surface area contributed by atoms with Gasteiger partial charge in [0.05, 0.1) is 12.1 Å². The van der Waals surface area contributed by atoms with Crippen LogP contribution in [0.4, 0.5) is 0 Å². The third-order valence-electron chi connectivity index (χ3n) is 6.77. The third kappa shape index (κ3) is 7.96. The van der Waals surface area contributed by atoms with Crippen LogP contribution in [-0.4, -0.2) is 52.6 Å². The maximum atomic E-state index is 13.3. The van der Waals surface area contributed by atoms with Gasteiger partial charge in [-0.25, -0.2) is 4.98 Å². The number of benzene rings is 1. The Kier molecular flexibility index (Phi) is 9.86. The van der Waals surface area contributed by atoms with Gasteiger partial charge >= 0.3 is 0 Å². The van der Waals surface area contributed by atoms with E-state index in [1.54, 1.807) is 18.0 Å². The molecule has 3 aromatic rings. The van der Waals surface area contributed by atoms with Gasteiger partial charge in [-0.15, -0.1) is 11.8 Å². The highest BCUT2D eigenvalue weighted by Gasteiger charge is 2.23. The van der Waals surface area contributed by atoms with Crippen molar-refractivity contribution in [2.24, 2.45) is 0 Å². The van der Waals surface area contributed by atoms with E-state index < -0.39 is 0 Å². The van der Waals surface area contributed by atoms with Crippen LogP contribution < -0.4 is 10.2 Å². The second kappa shape index (κ2) is 13.3. The Labute approximate surface area is 235 Å². The maximum Gasteiger partial charge on any atom is 0.256 e. The highest BCUT2D eigenvalue weighted by Crippen LogP contribution is 2.24. The number of carbonyl (C=O) groups is 1. The van der Waals surface area contributed by atoms with Crippen molar-refractivity contribution in [2.45, 2.75) is 64.1 Å². The first-order valence-corrected chi connectivity index (χ1v) is 14.7. The number of thioether (sulfide) groups is 1. The van der Waals surface area contributed by atoms with Gasteiger partial charge < -0.3 is 14.1 Å². The van der Waals surface area contributed by atoms with E-state index in [1.165, 1.54) is 17.9 Å². The predicted octanol–water partition coefficient (Wildman–Crippen LogP) is 5.76. The molecule has 0 saturated carbocycles. The molecule has 1 aliphatic heterocycles. The molecule has 3 heterocycles. The molecule has 8 heteroatoms. The average Bonchev–Trinajstić information content (AvgIpc) is 3.16. The summed E-state index contributed by atoms with van der Waals surface area (Å²) in [7, 11) is 0. The number of amides is 1. The Hall–Kier alpha value is -3.10. The van der Waals surface area contributed by atoms with Crippen LogP contribution in [0.15, 0.2) is 69.2 Å². The van der Waals surface area contributed by atoms with Crippen molar-refractivity contribution in [1.29, 1.82) is 0 Å². The monoisotopic (exact) mass is 549 g/mol. The number of hydrogen-bond donors (Lipinski definition) is 0. The fourth-order valence-corrected chi connectivity index (χ4v) is 5.32. The van der Waals surface area contributed by atoms with Gasteiger partial charge in [0, 0.05) is 38.4 Å². The highest BCUT2D eigenvalue weighted by molar-refractivity contribution is 7.99. The summed E-state index contributed by atoms with van der Waals surface area (Å²) in [5.41, 5.74) is 2.83. The van der Waals surface area contributed by atoms with Crippen LogP contribution in [0.5, 0.6) is 5.75 Å². The second-order valence-electron chi connectivity index (χ2n) is 10.9. The molecular formula is C31H39N3O4S. The zero-order valence-electron chi connectivity index (χ0n) is 23.4. The standard InChI is InChI=1S/C31H39N3O4S/c1-5-18-39-29-26(8-6-13-32-29)30(36)34-15-7-14-33(16-17-34)20-25-19-27(35)28(22-37-25)38-21-23-9-11-24(12-10-23)31(2,3)4/h6,8-13,19,22H,5,7,14-18,20-21H2,1-4H3. The number of nitrogens with zero attached hydrogens (tertiary/aromatic N) is 3. The fraction of sp³-hybridized carbons (Fsp3) is 0.452. The van der Waals surface area contributed by atoms with Crippen molar-refractivity contribution in [3.8, 4) is 5.75 Å². The van der Waals surface area contributed by atoms with Gasteiger partial charge in [0.25, 0.3) is 5.91 Å². The lowest BCUT2D eigenvalue weighted by molar-refractivity contribution is 0.0756. The molecule has 0 atom stereocenters. The van der Waals surface area contributed by atoms with Gasteiger partial charge in [-0.2, -0.15) is 0 Å². The first kappa shape index (κ1) is 28.9. The molecule has 4 rings (SSSR count). The van der Waals surface area contributed by atoms with E-state index in [-0.39, 0.29) is 22.5 Å². The zero-order chi connectivity index (χ0) is 27.8. The van der Waals surface area contributed by atoms with Crippen LogP contribution in [0.25, 0.3) is 0 Å². The van der Waals surface area contributed by atoms with Crippen LogP contribution in [0, 0.1) is 0 Å². The normalized spacial score (nSPS) is 14.7. The van der Waals surface area contributed by atoms with E-state index in [0.29, 0.717) is 44.1 Å². The first-order valence-electron chi connectivity index (χ1n) is 13.7. The lowest BCUT2D eigenvalue weighted by Gasteiger charge is -2.22. The molecule has 1 aromatic carbocycles. The molecule has 1 saturated heterocycles. The SMILES string of the molecule is CCCSc1ncccc1C(=O)N1CCCN(Cc2cc(=O)c(OCc3ccc(C(C)(C)C)cc3)co2)CC1. The minimum atomic E-state index is -0.192. The summed E-state index contributed by atoms with van der Waals surface area (Å²) in [4.78, 5) is 34.6. The van der Waals surface area contributed by atoms with E-state index in [9.17, 15) is 9.59 Å². The smallest absolute Gasteiger partial charge is 0.256 e. The summed E-state index contributed by atoms with van der Waals surface area (Å²) in [6.45, 7) is 12.3. The quantitative estimate of drug-likeness (QED) is 0.314. The summed E-state index contributed by atoms with van der Waals surface area (Å²) in [6.07, 6.45) is 5.03. The molecule has 2 aromatic heterocycles. The van der Waals surface area contributed by atoms with E-state index in [4.69, 9.17) is 9.15 Å².